The minimum absolute atomic E-state index is 0.120. The Balaban J connectivity index is 2.01. The molecule has 4 N–H and O–H groups in total. The number of phenolic OH excluding ortho intramolecular Hbond substituents is 4. The fourth-order valence-corrected chi connectivity index (χ4v) is 5.09. The highest BCUT2D eigenvalue weighted by molar-refractivity contribution is 7.91. The Morgan fingerprint density at radius 2 is 0.871 bits per heavy atom. The van der Waals surface area contributed by atoms with Crippen LogP contribution in [0, 0.1) is 0 Å². The van der Waals surface area contributed by atoms with Crippen LogP contribution in [0.3, 0.4) is 0 Å². The summed E-state index contributed by atoms with van der Waals surface area (Å²) in [4.78, 5) is -0.289. The van der Waals surface area contributed by atoms with Crippen molar-refractivity contribution in [2.75, 3.05) is 0 Å². The van der Waals surface area contributed by atoms with Gasteiger partial charge in [-0.1, -0.05) is 36.4 Å². The SMILES string of the molecule is O=S(=O)(c1ccc(O)cc1-c1ccccc1O)c1ccc(O)cc1-c1ccccc1O. The van der Waals surface area contributed by atoms with Crippen LogP contribution in [0.5, 0.6) is 23.0 Å². The van der Waals surface area contributed by atoms with Gasteiger partial charge in [0.15, 0.2) is 0 Å². The van der Waals surface area contributed by atoms with Crippen LogP contribution in [0.1, 0.15) is 0 Å². The van der Waals surface area contributed by atoms with Gasteiger partial charge in [-0.15, -0.1) is 0 Å². The Bertz CT molecular complexity index is 1290. The van der Waals surface area contributed by atoms with Crippen molar-refractivity contribution in [1.82, 2.24) is 0 Å². The molecule has 0 aliphatic rings. The Morgan fingerprint density at radius 1 is 0.484 bits per heavy atom. The average molecular weight is 434 g/mol. The van der Waals surface area contributed by atoms with E-state index >= 15 is 0 Å². The van der Waals surface area contributed by atoms with Gasteiger partial charge in [-0.25, -0.2) is 8.42 Å². The molecule has 0 fully saturated rings. The average Bonchev–Trinajstić information content (AvgIpc) is 2.74. The first kappa shape index (κ1) is 20.3. The van der Waals surface area contributed by atoms with E-state index in [4.69, 9.17) is 0 Å². The number of para-hydroxylation sites is 2. The molecule has 0 amide bonds. The predicted molar refractivity (Wildman–Crippen MR) is 116 cm³/mol. The summed E-state index contributed by atoms with van der Waals surface area (Å²) in [6, 6.07) is 20.0. The molecule has 0 aliphatic heterocycles. The first-order valence-corrected chi connectivity index (χ1v) is 10.7. The Hall–Kier alpha value is -3.97. The molecule has 0 aliphatic carbocycles. The number of phenols is 4. The number of hydrogen-bond donors (Lipinski definition) is 4. The maximum Gasteiger partial charge on any atom is 0.207 e. The molecular weight excluding hydrogens is 416 g/mol. The summed E-state index contributed by atoms with van der Waals surface area (Å²) in [5, 5.41) is 40.5. The van der Waals surface area contributed by atoms with Gasteiger partial charge in [0.2, 0.25) is 9.84 Å². The van der Waals surface area contributed by atoms with Crippen molar-refractivity contribution in [2.45, 2.75) is 9.79 Å². The molecule has 0 heterocycles. The molecule has 0 bridgehead atoms. The smallest absolute Gasteiger partial charge is 0.207 e. The maximum absolute atomic E-state index is 13.7. The van der Waals surface area contributed by atoms with Gasteiger partial charge in [0.05, 0.1) is 9.79 Å². The van der Waals surface area contributed by atoms with Crippen LogP contribution in [0.15, 0.2) is 94.7 Å². The molecule has 0 saturated heterocycles. The molecule has 0 spiro atoms. The highest BCUT2D eigenvalue weighted by atomic mass is 32.2. The fraction of sp³-hybridized carbons (Fsp3) is 0. The zero-order valence-electron chi connectivity index (χ0n) is 16.1. The summed E-state index contributed by atoms with van der Waals surface area (Å²) in [5.41, 5.74) is 0.712. The molecular formula is C24H18O6S. The van der Waals surface area contributed by atoms with Crippen molar-refractivity contribution in [3.63, 3.8) is 0 Å². The molecule has 31 heavy (non-hydrogen) atoms. The summed E-state index contributed by atoms with van der Waals surface area (Å²) in [7, 11) is -4.21. The van der Waals surface area contributed by atoms with Gasteiger partial charge >= 0.3 is 0 Å². The largest absolute Gasteiger partial charge is 0.508 e. The van der Waals surface area contributed by atoms with Crippen LogP contribution in [-0.2, 0) is 9.84 Å². The second-order valence-corrected chi connectivity index (χ2v) is 8.79. The number of rotatable bonds is 4. The highest BCUT2D eigenvalue weighted by Gasteiger charge is 2.27. The monoisotopic (exact) mass is 434 g/mol. The van der Waals surface area contributed by atoms with Gasteiger partial charge in [0, 0.05) is 22.3 Å². The second kappa shape index (κ2) is 7.70. The van der Waals surface area contributed by atoms with E-state index in [2.05, 4.69) is 0 Å². The van der Waals surface area contributed by atoms with Crippen molar-refractivity contribution in [2.24, 2.45) is 0 Å². The van der Waals surface area contributed by atoms with Crippen molar-refractivity contribution in [3.8, 4) is 45.3 Å². The van der Waals surface area contributed by atoms with Crippen LogP contribution < -0.4 is 0 Å². The van der Waals surface area contributed by atoms with Crippen LogP contribution in [0.4, 0.5) is 0 Å². The third kappa shape index (κ3) is 3.67. The molecule has 4 rings (SSSR count). The fourth-order valence-electron chi connectivity index (χ4n) is 3.45. The van der Waals surface area contributed by atoms with Gasteiger partial charge in [-0.2, -0.15) is 0 Å². The minimum Gasteiger partial charge on any atom is -0.508 e. The van der Waals surface area contributed by atoms with Gasteiger partial charge in [0.25, 0.3) is 0 Å². The lowest BCUT2D eigenvalue weighted by atomic mass is 10.0. The molecule has 0 aromatic heterocycles. The van der Waals surface area contributed by atoms with E-state index in [0.717, 1.165) is 0 Å². The summed E-state index contributed by atoms with van der Waals surface area (Å²) in [6.07, 6.45) is 0. The quantitative estimate of drug-likeness (QED) is 0.371. The van der Waals surface area contributed by atoms with Gasteiger partial charge in [0.1, 0.15) is 23.0 Å². The van der Waals surface area contributed by atoms with Crippen LogP contribution in [-0.4, -0.2) is 28.8 Å². The Morgan fingerprint density at radius 3 is 1.26 bits per heavy atom. The normalized spacial score (nSPS) is 11.4. The zero-order valence-corrected chi connectivity index (χ0v) is 16.9. The summed E-state index contributed by atoms with van der Waals surface area (Å²) < 4.78 is 27.5. The Kier molecular flexibility index (Phi) is 5.04. The third-order valence-corrected chi connectivity index (χ3v) is 6.76. The lowest BCUT2D eigenvalue weighted by molar-refractivity contribution is 0.472. The minimum atomic E-state index is -4.21. The van der Waals surface area contributed by atoms with E-state index in [-0.39, 0.29) is 55.0 Å². The zero-order chi connectivity index (χ0) is 22.2. The maximum atomic E-state index is 13.7. The third-order valence-electron chi connectivity index (χ3n) is 4.89. The molecule has 0 saturated carbocycles. The first-order valence-electron chi connectivity index (χ1n) is 9.27. The van der Waals surface area contributed by atoms with E-state index in [9.17, 15) is 28.8 Å². The van der Waals surface area contributed by atoms with Crippen LogP contribution >= 0.6 is 0 Å². The van der Waals surface area contributed by atoms with E-state index in [1.165, 1.54) is 48.5 Å². The van der Waals surface area contributed by atoms with Crippen molar-refractivity contribution in [3.05, 3.63) is 84.9 Å². The molecule has 4 aromatic carbocycles. The van der Waals surface area contributed by atoms with Gasteiger partial charge in [-0.05, 0) is 48.5 Å². The number of sulfone groups is 1. The summed E-state index contributed by atoms with van der Waals surface area (Å²) >= 11 is 0. The summed E-state index contributed by atoms with van der Waals surface area (Å²) in [5.74, 6) is -0.611. The molecule has 0 radical (unpaired) electrons. The molecule has 4 aromatic rings. The van der Waals surface area contributed by atoms with E-state index in [0.29, 0.717) is 0 Å². The lowest BCUT2D eigenvalue weighted by Gasteiger charge is -2.16. The number of benzene rings is 4. The second-order valence-electron chi connectivity index (χ2n) is 6.90. The van der Waals surface area contributed by atoms with E-state index in [1.807, 2.05) is 0 Å². The van der Waals surface area contributed by atoms with Crippen molar-refractivity contribution < 1.29 is 28.8 Å². The lowest BCUT2D eigenvalue weighted by Crippen LogP contribution is -2.06. The number of hydrogen-bond acceptors (Lipinski definition) is 6. The van der Waals surface area contributed by atoms with E-state index in [1.54, 1.807) is 36.4 Å². The topological polar surface area (TPSA) is 115 Å². The summed E-state index contributed by atoms with van der Waals surface area (Å²) in [6.45, 7) is 0. The van der Waals surface area contributed by atoms with Crippen LogP contribution in [0.2, 0.25) is 0 Å². The van der Waals surface area contributed by atoms with Crippen molar-refractivity contribution in [1.29, 1.82) is 0 Å². The van der Waals surface area contributed by atoms with Crippen LogP contribution in [0.25, 0.3) is 22.3 Å². The molecule has 0 atom stereocenters. The van der Waals surface area contributed by atoms with E-state index < -0.39 is 9.84 Å². The highest BCUT2D eigenvalue weighted by Crippen LogP contribution is 2.42. The van der Waals surface area contributed by atoms with Gasteiger partial charge < -0.3 is 20.4 Å². The predicted octanol–water partition coefficient (Wildman–Crippen LogP) is 4.68. The Labute approximate surface area is 178 Å². The molecule has 0 unspecified atom stereocenters. The van der Waals surface area contributed by atoms with Gasteiger partial charge in [-0.3, -0.25) is 0 Å². The first-order chi connectivity index (χ1) is 14.8. The number of aromatic hydroxyl groups is 4. The molecule has 156 valence electrons. The standard InChI is InChI=1S/C24H18O6S/c25-15-9-11-23(19(13-15)17-5-1-3-7-21(17)27)31(29,30)24-12-10-16(26)14-20(24)18-6-2-4-8-22(18)28/h1-14,25-28H. The van der Waals surface area contributed by atoms with Crippen molar-refractivity contribution >= 4 is 9.84 Å². The molecule has 6 nitrogen and oxygen atoms in total. The molecule has 7 heteroatoms.